The van der Waals surface area contributed by atoms with E-state index >= 15 is 0 Å². The molecule has 33 heavy (non-hydrogen) atoms. The third-order valence-corrected chi connectivity index (χ3v) is 5.74. The van der Waals surface area contributed by atoms with Gasteiger partial charge >= 0.3 is 11.9 Å². The number of thioether (sulfide) groups is 1. The first-order chi connectivity index (χ1) is 15.3. The second-order valence-corrected chi connectivity index (χ2v) is 9.43. The molecule has 0 aliphatic carbocycles. The lowest BCUT2D eigenvalue weighted by molar-refractivity contribution is -0.144. The van der Waals surface area contributed by atoms with Crippen molar-refractivity contribution in [2.45, 2.75) is 77.5 Å². The molecule has 0 saturated heterocycles. The summed E-state index contributed by atoms with van der Waals surface area (Å²) in [6, 6.07) is -4.47. The standard InChI is InChI=1S/C21H38N4O7S/c1-6-12(4)17(21(31)32)25-20(30)15(9-11(2)3)24-19(29)14(7-8-33-5)23-18(28)13(22)10-16(26)27/h11-15,17H,6-10,22H2,1-5H3,(H,23,28)(H,24,29)(H,25,30)(H,26,27)(H,31,32). The van der Waals surface area contributed by atoms with E-state index in [4.69, 9.17) is 10.8 Å². The number of carbonyl (C=O) groups excluding carboxylic acids is 3. The summed E-state index contributed by atoms with van der Waals surface area (Å²) in [6.07, 6.45) is 2.26. The number of rotatable bonds is 16. The van der Waals surface area contributed by atoms with Crippen LogP contribution in [0.3, 0.4) is 0 Å². The number of nitrogens with two attached hydrogens (primary N) is 1. The zero-order chi connectivity index (χ0) is 25.7. The zero-order valence-corrected chi connectivity index (χ0v) is 20.7. The fourth-order valence-corrected chi connectivity index (χ4v) is 3.45. The van der Waals surface area contributed by atoms with Gasteiger partial charge in [0, 0.05) is 0 Å². The van der Waals surface area contributed by atoms with E-state index in [1.807, 2.05) is 27.0 Å². The highest BCUT2D eigenvalue weighted by molar-refractivity contribution is 7.98. The van der Waals surface area contributed by atoms with Gasteiger partial charge in [0.1, 0.15) is 18.1 Å². The van der Waals surface area contributed by atoms with Gasteiger partial charge in [-0.25, -0.2) is 4.79 Å². The van der Waals surface area contributed by atoms with Crippen molar-refractivity contribution in [3.8, 4) is 0 Å². The summed E-state index contributed by atoms with van der Waals surface area (Å²) >= 11 is 1.45. The van der Waals surface area contributed by atoms with Gasteiger partial charge < -0.3 is 31.9 Å². The molecular weight excluding hydrogens is 452 g/mol. The van der Waals surface area contributed by atoms with Gasteiger partial charge in [-0.3, -0.25) is 19.2 Å². The Kier molecular flexibility index (Phi) is 14.4. The van der Waals surface area contributed by atoms with Crippen molar-refractivity contribution in [2.24, 2.45) is 17.6 Å². The van der Waals surface area contributed by atoms with Crippen LogP contribution in [0.2, 0.25) is 0 Å². The minimum Gasteiger partial charge on any atom is -0.481 e. The average molecular weight is 491 g/mol. The minimum absolute atomic E-state index is 0.0103. The van der Waals surface area contributed by atoms with Crippen molar-refractivity contribution in [2.75, 3.05) is 12.0 Å². The molecule has 0 aliphatic heterocycles. The lowest BCUT2D eigenvalue weighted by Gasteiger charge is -2.27. The Hall–Kier alpha value is -2.34. The van der Waals surface area contributed by atoms with Gasteiger partial charge in [-0.2, -0.15) is 11.8 Å². The summed E-state index contributed by atoms with van der Waals surface area (Å²) in [5.41, 5.74) is 5.59. The molecule has 0 heterocycles. The predicted molar refractivity (Wildman–Crippen MR) is 126 cm³/mol. The highest BCUT2D eigenvalue weighted by Gasteiger charge is 2.32. The number of hydrogen-bond acceptors (Lipinski definition) is 7. The fraction of sp³-hybridized carbons (Fsp3) is 0.762. The number of aliphatic carboxylic acids is 2. The summed E-state index contributed by atoms with van der Waals surface area (Å²) in [7, 11) is 0. The van der Waals surface area contributed by atoms with Crippen LogP contribution in [-0.2, 0) is 24.0 Å². The molecule has 0 aromatic carbocycles. The first-order valence-corrected chi connectivity index (χ1v) is 12.3. The van der Waals surface area contributed by atoms with E-state index in [2.05, 4.69) is 16.0 Å². The number of amides is 3. The third-order valence-electron chi connectivity index (χ3n) is 5.09. The van der Waals surface area contributed by atoms with Crippen LogP contribution in [-0.4, -0.2) is 76.0 Å². The molecule has 5 atom stereocenters. The molecule has 0 radical (unpaired) electrons. The summed E-state index contributed by atoms with van der Waals surface area (Å²) in [5.74, 6) is -4.23. The van der Waals surface area contributed by atoms with Crippen molar-refractivity contribution in [1.82, 2.24) is 16.0 Å². The molecule has 190 valence electrons. The molecule has 11 nitrogen and oxygen atoms in total. The van der Waals surface area contributed by atoms with Crippen LogP contribution in [0.4, 0.5) is 0 Å². The Bertz CT molecular complexity index is 690. The number of carboxylic acid groups (broad SMARTS) is 2. The van der Waals surface area contributed by atoms with E-state index < -0.39 is 60.2 Å². The van der Waals surface area contributed by atoms with Gasteiger partial charge in [-0.1, -0.05) is 34.1 Å². The highest BCUT2D eigenvalue weighted by Crippen LogP contribution is 2.11. The van der Waals surface area contributed by atoms with E-state index in [1.54, 1.807) is 6.92 Å². The summed E-state index contributed by atoms with van der Waals surface area (Å²) in [5, 5.41) is 25.9. The van der Waals surface area contributed by atoms with Gasteiger partial charge in [0.05, 0.1) is 12.5 Å². The van der Waals surface area contributed by atoms with Gasteiger partial charge in [-0.05, 0) is 36.7 Å². The first-order valence-electron chi connectivity index (χ1n) is 10.9. The number of hydrogen-bond donors (Lipinski definition) is 6. The highest BCUT2D eigenvalue weighted by atomic mass is 32.2. The average Bonchev–Trinajstić information content (AvgIpc) is 2.72. The second kappa shape index (κ2) is 15.5. The Morgan fingerprint density at radius 3 is 1.91 bits per heavy atom. The van der Waals surface area contributed by atoms with Crippen LogP contribution >= 0.6 is 11.8 Å². The van der Waals surface area contributed by atoms with Gasteiger partial charge in [0.25, 0.3) is 0 Å². The molecule has 0 rings (SSSR count). The first kappa shape index (κ1) is 30.7. The molecule has 0 aromatic heterocycles. The quantitative estimate of drug-likeness (QED) is 0.175. The lowest BCUT2D eigenvalue weighted by Crippen LogP contribution is -2.58. The maximum atomic E-state index is 12.9. The number of nitrogens with one attached hydrogen (secondary N) is 3. The van der Waals surface area contributed by atoms with Gasteiger partial charge in [0.2, 0.25) is 17.7 Å². The van der Waals surface area contributed by atoms with Crippen LogP contribution in [0.25, 0.3) is 0 Å². The molecule has 0 spiro atoms. The summed E-state index contributed by atoms with van der Waals surface area (Å²) < 4.78 is 0. The molecule has 5 unspecified atom stereocenters. The van der Waals surface area contributed by atoms with E-state index in [0.29, 0.717) is 12.2 Å². The maximum Gasteiger partial charge on any atom is 0.326 e. The molecule has 0 aliphatic rings. The molecule has 0 fully saturated rings. The van der Waals surface area contributed by atoms with Gasteiger partial charge in [0.15, 0.2) is 0 Å². The van der Waals surface area contributed by atoms with Crippen LogP contribution in [0.1, 0.15) is 53.4 Å². The van der Waals surface area contributed by atoms with Crippen LogP contribution in [0, 0.1) is 11.8 Å². The van der Waals surface area contributed by atoms with Crippen LogP contribution in [0.15, 0.2) is 0 Å². The smallest absolute Gasteiger partial charge is 0.326 e. The van der Waals surface area contributed by atoms with Crippen LogP contribution < -0.4 is 21.7 Å². The monoisotopic (exact) mass is 490 g/mol. The van der Waals surface area contributed by atoms with Gasteiger partial charge in [-0.15, -0.1) is 0 Å². The SMILES string of the molecule is CCC(C)C(NC(=O)C(CC(C)C)NC(=O)C(CCSC)NC(=O)C(N)CC(=O)O)C(=O)O. The Morgan fingerprint density at radius 1 is 0.909 bits per heavy atom. The minimum atomic E-state index is -1.33. The maximum absolute atomic E-state index is 12.9. The number of carboxylic acids is 2. The lowest BCUT2D eigenvalue weighted by atomic mass is 9.97. The fourth-order valence-electron chi connectivity index (χ4n) is 2.98. The largest absolute Gasteiger partial charge is 0.481 e. The molecule has 12 heteroatoms. The van der Waals surface area contributed by atoms with Crippen LogP contribution in [0.5, 0.6) is 0 Å². The Balaban J connectivity index is 5.51. The summed E-state index contributed by atoms with van der Waals surface area (Å²) in [4.78, 5) is 60.5. The van der Waals surface area contributed by atoms with Crippen molar-refractivity contribution < 1.29 is 34.2 Å². The molecule has 7 N–H and O–H groups in total. The van der Waals surface area contributed by atoms with Crippen molar-refractivity contribution in [3.63, 3.8) is 0 Å². The Labute approximate surface area is 199 Å². The van der Waals surface area contributed by atoms with Crippen molar-refractivity contribution in [1.29, 1.82) is 0 Å². The molecule has 0 saturated carbocycles. The van der Waals surface area contributed by atoms with Crippen molar-refractivity contribution >= 4 is 41.4 Å². The molecule has 0 aromatic rings. The predicted octanol–water partition coefficient (Wildman–Crippen LogP) is 0.173. The zero-order valence-electron chi connectivity index (χ0n) is 19.9. The van der Waals surface area contributed by atoms with Crippen molar-refractivity contribution in [3.05, 3.63) is 0 Å². The molecule has 3 amide bonds. The third kappa shape index (κ3) is 11.9. The van der Waals surface area contributed by atoms with E-state index in [9.17, 15) is 29.1 Å². The number of carbonyl (C=O) groups is 5. The topological polar surface area (TPSA) is 188 Å². The molecule has 0 bridgehead atoms. The van der Waals surface area contributed by atoms with E-state index in [-0.39, 0.29) is 24.7 Å². The second-order valence-electron chi connectivity index (χ2n) is 8.45. The normalized spacial score (nSPS) is 15.6. The Morgan fingerprint density at radius 2 is 1.45 bits per heavy atom. The van der Waals surface area contributed by atoms with E-state index in [1.165, 1.54) is 11.8 Å². The summed E-state index contributed by atoms with van der Waals surface area (Å²) in [6.45, 7) is 7.24. The van der Waals surface area contributed by atoms with E-state index in [0.717, 1.165) is 0 Å². The molecular formula is C21H38N4O7S.